The number of hydrogen-bond acceptors (Lipinski definition) is 18. The number of aliphatic hydroxyl groups is 1. The topological polar surface area (TPSA) is 264 Å². The summed E-state index contributed by atoms with van der Waals surface area (Å²) in [6, 6.07) is 45.0. The molecular weight excluding hydrogens is 1550 g/mol. The van der Waals surface area contributed by atoms with Gasteiger partial charge in [-0.3, -0.25) is 9.59 Å². The van der Waals surface area contributed by atoms with Gasteiger partial charge in [-0.05, 0) is 111 Å². The number of rotatable bonds is 19. The minimum Gasteiger partial charge on any atom is -0.506 e. The molecule has 3 saturated heterocycles. The molecule has 115 heavy (non-hydrogen) atoms. The first kappa shape index (κ1) is 81.4. The Labute approximate surface area is 684 Å². The first-order valence-electron chi connectivity index (χ1n) is 37.5. The number of piperazine rings is 1. The molecule has 0 spiro atoms. The van der Waals surface area contributed by atoms with E-state index in [4.69, 9.17) is 74.8 Å². The van der Waals surface area contributed by atoms with Crippen LogP contribution >= 0.6 is 46.4 Å². The Balaban J connectivity index is 0.000000129. The SMILES string of the molecule is COC(=O)c1cnn2cc(Cl)cc(OCc3ccccc3)c12.COc1ccc([C@@H](C)N2C[C@H]([C@@H](C)Oc3cc(Cl)cn4ncc(C)c34)CC2=O)cc1.Cc1cnn2cc(-c3ccc(N4CCNCC4)cc3)cc(O[C@H](C)[C@H]3CNC(=O)C3)c12.Cc1cnn2cc(Cl)cc(O)c12.OCc1cnn2cc(Cl)cc(OCc3ccccc3)c12. The lowest BCUT2D eigenvalue weighted by Gasteiger charge is -2.29. The molecule has 4 N–H and O–H groups in total. The largest absolute Gasteiger partial charge is 0.506 e. The molecule has 4 aromatic carbocycles. The summed E-state index contributed by atoms with van der Waals surface area (Å²) >= 11 is 24.1. The van der Waals surface area contributed by atoms with Crippen LogP contribution in [0.4, 0.5) is 5.69 Å². The van der Waals surface area contributed by atoms with Crippen molar-refractivity contribution < 1.29 is 53.0 Å². The number of carbonyl (C=O) groups is 3. The minimum absolute atomic E-state index is 0.00411. The zero-order chi connectivity index (χ0) is 81.0. The Morgan fingerprint density at radius 2 is 1.04 bits per heavy atom. The summed E-state index contributed by atoms with van der Waals surface area (Å²) in [7, 11) is 2.97. The van der Waals surface area contributed by atoms with Gasteiger partial charge in [-0.1, -0.05) is 131 Å². The molecule has 10 aromatic heterocycles. The number of anilines is 1. The fraction of sp³-hybridized carbons (Fsp3) is 0.279. The number of aryl methyl sites for hydroxylation is 3. The van der Waals surface area contributed by atoms with Crippen LogP contribution in [0.5, 0.6) is 34.5 Å². The van der Waals surface area contributed by atoms with E-state index in [0.717, 1.165) is 98.7 Å². The third-order valence-corrected chi connectivity index (χ3v) is 21.2. The number of nitrogens with one attached hydrogen (secondary N) is 2. The predicted molar refractivity (Wildman–Crippen MR) is 444 cm³/mol. The van der Waals surface area contributed by atoms with Crippen molar-refractivity contribution in [3.8, 4) is 45.6 Å². The quantitative estimate of drug-likeness (QED) is 0.0548. The Bertz CT molecular complexity index is 5720. The van der Waals surface area contributed by atoms with Gasteiger partial charge in [0.1, 0.15) is 93.1 Å². The summed E-state index contributed by atoms with van der Waals surface area (Å²) in [6.45, 7) is 18.2. The number of ether oxygens (including phenoxy) is 6. The maximum absolute atomic E-state index is 12.8. The zero-order valence-electron chi connectivity index (χ0n) is 64.7. The Hall–Kier alpha value is -11.6. The van der Waals surface area contributed by atoms with Crippen molar-refractivity contribution in [3.63, 3.8) is 0 Å². The number of methoxy groups -OCH3 is 2. The number of carbonyl (C=O) groups excluding carboxylic acids is 3. The van der Waals surface area contributed by atoms with Crippen molar-refractivity contribution in [2.45, 2.75) is 92.5 Å². The van der Waals surface area contributed by atoms with Crippen LogP contribution in [-0.4, -0.2) is 147 Å². The summed E-state index contributed by atoms with van der Waals surface area (Å²) in [5.74, 6) is 3.63. The van der Waals surface area contributed by atoms with E-state index in [-0.39, 0.29) is 54.3 Å². The normalized spacial score (nSPS) is 15.3. The van der Waals surface area contributed by atoms with E-state index < -0.39 is 5.97 Å². The number of nitrogens with zero attached hydrogens (tertiary/aromatic N) is 12. The lowest BCUT2D eigenvalue weighted by atomic mass is 10.0. The number of likely N-dealkylation sites (tertiary alicyclic amines) is 1. The summed E-state index contributed by atoms with van der Waals surface area (Å²) in [4.78, 5) is 40.6. The van der Waals surface area contributed by atoms with Gasteiger partial charge in [0.15, 0.2) is 0 Å². The highest BCUT2D eigenvalue weighted by molar-refractivity contribution is 6.31. The average Bonchev–Trinajstić information content (AvgIpc) is 1.40. The summed E-state index contributed by atoms with van der Waals surface area (Å²) < 4.78 is 42.7. The highest BCUT2D eigenvalue weighted by Crippen LogP contribution is 2.38. The van der Waals surface area contributed by atoms with E-state index in [1.807, 2.05) is 141 Å². The second-order valence-electron chi connectivity index (χ2n) is 28.2. The molecule has 29 heteroatoms. The van der Waals surface area contributed by atoms with Crippen molar-refractivity contribution in [3.05, 3.63) is 266 Å². The van der Waals surface area contributed by atoms with E-state index in [0.29, 0.717) is 98.6 Å². The molecule has 2 amide bonds. The van der Waals surface area contributed by atoms with E-state index in [9.17, 15) is 24.6 Å². The Morgan fingerprint density at radius 1 is 0.548 bits per heavy atom. The van der Waals surface area contributed by atoms with E-state index >= 15 is 0 Å². The van der Waals surface area contributed by atoms with Crippen molar-refractivity contribution in [1.29, 1.82) is 0 Å². The molecule has 596 valence electrons. The first-order chi connectivity index (χ1) is 55.6. The molecule has 17 rings (SSSR count). The molecule has 0 aliphatic carbocycles. The van der Waals surface area contributed by atoms with Crippen LogP contribution in [0.1, 0.15) is 89.0 Å². The molecule has 3 aliphatic heterocycles. The van der Waals surface area contributed by atoms with Gasteiger partial charge in [0, 0.05) is 136 Å². The Morgan fingerprint density at radius 3 is 1.60 bits per heavy atom. The fourth-order valence-corrected chi connectivity index (χ4v) is 14.8. The molecule has 3 aliphatic rings. The number of fused-ring (bicyclic) bond motifs is 5. The van der Waals surface area contributed by atoms with E-state index in [1.165, 1.54) is 29.6 Å². The summed E-state index contributed by atoms with van der Waals surface area (Å²) in [6.07, 6.45) is 17.9. The second-order valence-corrected chi connectivity index (χ2v) is 30.0. The van der Waals surface area contributed by atoms with Crippen LogP contribution in [0.3, 0.4) is 0 Å². The number of amides is 2. The zero-order valence-corrected chi connectivity index (χ0v) is 67.7. The van der Waals surface area contributed by atoms with Gasteiger partial charge in [0.05, 0.1) is 77.9 Å². The van der Waals surface area contributed by atoms with Crippen LogP contribution in [0.15, 0.2) is 201 Å². The van der Waals surface area contributed by atoms with Gasteiger partial charge >= 0.3 is 5.97 Å². The van der Waals surface area contributed by atoms with Crippen LogP contribution in [0.25, 0.3) is 38.7 Å². The van der Waals surface area contributed by atoms with Crippen LogP contribution in [-0.2, 0) is 34.1 Å². The number of aromatic nitrogens is 10. The van der Waals surface area contributed by atoms with Crippen LogP contribution < -0.4 is 39.2 Å². The molecule has 0 radical (unpaired) electrons. The number of hydrogen-bond donors (Lipinski definition) is 4. The first-order valence-corrected chi connectivity index (χ1v) is 39.0. The molecule has 5 atom stereocenters. The van der Waals surface area contributed by atoms with Crippen LogP contribution in [0, 0.1) is 32.6 Å². The third kappa shape index (κ3) is 19.5. The molecule has 25 nitrogen and oxygen atoms in total. The summed E-state index contributed by atoms with van der Waals surface area (Å²) in [5, 5.41) is 48.3. The summed E-state index contributed by atoms with van der Waals surface area (Å²) in [5.41, 5.74) is 14.5. The fourth-order valence-electron chi connectivity index (χ4n) is 14.1. The lowest BCUT2D eigenvalue weighted by Crippen LogP contribution is -2.43. The standard InChI is InChI=1S/C24H29N5O2.C23H26ClN3O3.C16H13ClN2O3.C15H13ClN2O2.C8H7ClN2O/c1-16-13-27-29-15-20(18-3-5-21(6-4-18)28-9-7-25-8-10-28)11-22(24(16)29)31-17(2)19-12-23(30)26-14-19;1-14-11-25-27-13-19(24)10-21(23(14)27)30-16(3)18-9-22(28)26(12-18)15(2)17-5-7-20(29-4)8-6-17;1-21-16(20)13-8-18-19-9-12(17)7-14(15(13)19)22-10-11-5-3-2-4-6-11;16-13-6-14(20-10-11-4-2-1-3-5-11)15-12(9-19)7-17-18(15)8-13;1-5-3-10-11-4-6(9)2-7(12)8(5)11/h3-6,11,13,15,17,19,25H,7-10,12,14H2,1-2H3,(H,26,30);5-8,10-11,13,15-16,18H,9,12H2,1-4H3;2-9H,10H2,1H3;1-8,19H,9-10H2;2-4,12H,1H3/t17-,19-;15-,16-,18-;;;/m11.../s1. The number of benzene rings is 4. The number of halogens is 4. The van der Waals surface area contributed by atoms with Crippen LogP contribution in [0.2, 0.25) is 20.1 Å². The minimum atomic E-state index is -0.470. The highest BCUT2D eigenvalue weighted by Gasteiger charge is 2.37. The smallest absolute Gasteiger partial charge is 0.341 e. The van der Waals surface area contributed by atoms with Gasteiger partial charge in [0.25, 0.3) is 0 Å². The van der Waals surface area contributed by atoms with Crippen molar-refractivity contribution in [1.82, 2.24) is 63.6 Å². The van der Waals surface area contributed by atoms with Crippen molar-refractivity contribution in [2.24, 2.45) is 11.8 Å². The maximum Gasteiger partial charge on any atom is 0.341 e. The van der Waals surface area contributed by atoms with E-state index in [1.54, 1.807) is 76.2 Å². The highest BCUT2D eigenvalue weighted by atomic mass is 35.5. The average molecular weight is 1640 g/mol. The number of pyridine rings is 5. The van der Waals surface area contributed by atoms with Gasteiger partial charge in [-0.2, -0.15) is 25.5 Å². The molecular formula is C86H88Cl4N14O11. The predicted octanol–water partition coefficient (Wildman–Crippen LogP) is 15.7. The van der Waals surface area contributed by atoms with Crippen molar-refractivity contribution in [2.75, 3.05) is 58.4 Å². The van der Waals surface area contributed by atoms with E-state index in [2.05, 4.69) is 84.5 Å². The molecule has 14 aromatic rings. The second kappa shape index (κ2) is 37.1. The number of aliphatic hydroxyl groups excluding tert-OH is 1. The maximum atomic E-state index is 12.8. The van der Waals surface area contributed by atoms with Crippen molar-refractivity contribution >= 4 is 97.5 Å². The van der Waals surface area contributed by atoms with Gasteiger partial charge < -0.3 is 59.1 Å². The lowest BCUT2D eigenvalue weighted by molar-refractivity contribution is -0.129. The molecule has 3 fully saturated rings. The number of aromatic hydroxyl groups is 1. The van der Waals surface area contributed by atoms with Gasteiger partial charge in [-0.15, -0.1) is 0 Å². The molecule has 0 bridgehead atoms. The number of esters is 1. The third-order valence-electron chi connectivity index (χ3n) is 20.3. The molecule has 0 unspecified atom stereocenters. The Kier molecular flexibility index (Phi) is 26.3. The monoisotopic (exact) mass is 1630 g/mol. The molecule has 13 heterocycles. The van der Waals surface area contributed by atoms with Gasteiger partial charge in [-0.25, -0.2) is 27.4 Å². The molecule has 0 saturated carbocycles. The van der Waals surface area contributed by atoms with Gasteiger partial charge in [0.2, 0.25) is 11.8 Å².